The standard InChI is InChI=1S/C10H18N2O3S/c1-8-6-11-3-4-12(8)10(13)9-2-5-16(14,15)7-9/h8-9,11H,2-7H2,1H3/t8-,9?/m0/s1. The molecule has 92 valence electrons. The summed E-state index contributed by atoms with van der Waals surface area (Å²) in [7, 11) is -2.96. The van der Waals surface area contributed by atoms with Crippen molar-refractivity contribution in [3.05, 3.63) is 0 Å². The maximum Gasteiger partial charge on any atom is 0.227 e. The van der Waals surface area contributed by atoms with Crippen LogP contribution in [0.25, 0.3) is 0 Å². The molecule has 2 fully saturated rings. The van der Waals surface area contributed by atoms with Crippen LogP contribution in [0.4, 0.5) is 0 Å². The zero-order chi connectivity index (χ0) is 11.8. The fraction of sp³-hybridized carbons (Fsp3) is 0.900. The molecule has 1 N–H and O–H groups in total. The van der Waals surface area contributed by atoms with Crippen LogP contribution >= 0.6 is 0 Å². The van der Waals surface area contributed by atoms with Crippen LogP contribution in [0.5, 0.6) is 0 Å². The van der Waals surface area contributed by atoms with Gasteiger partial charge in [-0.15, -0.1) is 0 Å². The van der Waals surface area contributed by atoms with Crippen molar-refractivity contribution in [2.45, 2.75) is 19.4 Å². The summed E-state index contributed by atoms with van der Waals surface area (Å²) >= 11 is 0. The molecule has 2 rings (SSSR count). The average molecular weight is 246 g/mol. The Morgan fingerprint density at radius 1 is 1.44 bits per heavy atom. The predicted octanol–water partition coefficient (Wildman–Crippen LogP) is -0.759. The summed E-state index contributed by atoms with van der Waals surface area (Å²) in [6.45, 7) is 4.28. The van der Waals surface area contributed by atoms with Gasteiger partial charge in [0.15, 0.2) is 9.84 Å². The molecule has 16 heavy (non-hydrogen) atoms. The van der Waals surface area contributed by atoms with Gasteiger partial charge >= 0.3 is 0 Å². The maximum atomic E-state index is 12.1. The molecule has 6 heteroatoms. The molecule has 2 aliphatic rings. The summed E-state index contributed by atoms with van der Waals surface area (Å²) in [6, 6.07) is 0.171. The lowest BCUT2D eigenvalue weighted by Gasteiger charge is -2.35. The summed E-state index contributed by atoms with van der Waals surface area (Å²) in [4.78, 5) is 14.0. The molecule has 2 aliphatic heterocycles. The highest BCUT2D eigenvalue weighted by Crippen LogP contribution is 2.22. The molecule has 2 heterocycles. The molecule has 0 bridgehead atoms. The predicted molar refractivity (Wildman–Crippen MR) is 60.8 cm³/mol. The molecule has 1 amide bonds. The minimum Gasteiger partial charge on any atom is -0.337 e. The Morgan fingerprint density at radius 3 is 2.75 bits per heavy atom. The molecule has 2 atom stereocenters. The second kappa shape index (κ2) is 4.33. The van der Waals surface area contributed by atoms with E-state index < -0.39 is 9.84 Å². The van der Waals surface area contributed by atoms with Crippen LogP contribution in [0.2, 0.25) is 0 Å². The Labute approximate surface area is 96.1 Å². The third kappa shape index (κ3) is 2.38. The number of amides is 1. The van der Waals surface area contributed by atoms with Gasteiger partial charge in [-0.1, -0.05) is 0 Å². The van der Waals surface area contributed by atoms with Gasteiger partial charge in [0.25, 0.3) is 0 Å². The molecule has 5 nitrogen and oxygen atoms in total. The zero-order valence-corrected chi connectivity index (χ0v) is 10.3. The highest BCUT2D eigenvalue weighted by Gasteiger charge is 2.37. The lowest BCUT2D eigenvalue weighted by Crippen LogP contribution is -2.54. The lowest BCUT2D eigenvalue weighted by molar-refractivity contribution is -0.137. The Morgan fingerprint density at radius 2 is 2.19 bits per heavy atom. The fourth-order valence-electron chi connectivity index (χ4n) is 2.39. The van der Waals surface area contributed by atoms with E-state index in [0.29, 0.717) is 13.0 Å². The number of piperazine rings is 1. The monoisotopic (exact) mass is 246 g/mol. The Balaban J connectivity index is 2.02. The number of sulfone groups is 1. The van der Waals surface area contributed by atoms with Crippen LogP contribution in [-0.2, 0) is 14.6 Å². The SMILES string of the molecule is C[C@H]1CNCCN1C(=O)C1CCS(=O)(=O)C1. The molecule has 0 radical (unpaired) electrons. The summed E-state index contributed by atoms with van der Waals surface area (Å²) in [5.41, 5.74) is 0. The van der Waals surface area contributed by atoms with Crippen LogP contribution in [0.1, 0.15) is 13.3 Å². The smallest absolute Gasteiger partial charge is 0.227 e. The highest BCUT2D eigenvalue weighted by molar-refractivity contribution is 7.91. The van der Waals surface area contributed by atoms with E-state index in [1.807, 2.05) is 11.8 Å². The largest absolute Gasteiger partial charge is 0.337 e. The van der Waals surface area contributed by atoms with E-state index in [9.17, 15) is 13.2 Å². The summed E-state index contributed by atoms with van der Waals surface area (Å²) in [5.74, 6) is -0.0626. The van der Waals surface area contributed by atoms with Crippen molar-refractivity contribution in [3.63, 3.8) is 0 Å². The minimum atomic E-state index is -2.96. The normalized spacial score (nSPS) is 33.9. The van der Waals surface area contributed by atoms with Crippen LogP contribution < -0.4 is 5.32 Å². The van der Waals surface area contributed by atoms with Crippen molar-refractivity contribution in [3.8, 4) is 0 Å². The quantitative estimate of drug-likeness (QED) is 0.660. The van der Waals surface area contributed by atoms with Crippen LogP contribution in [0, 0.1) is 5.92 Å². The van der Waals surface area contributed by atoms with Gasteiger partial charge in [0.2, 0.25) is 5.91 Å². The number of hydrogen-bond acceptors (Lipinski definition) is 4. The van der Waals surface area contributed by atoms with E-state index in [1.54, 1.807) is 0 Å². The van der Waals surface area contributed by atoms with E-state index in [-0.39, 0.29) is 29.4 Å². The maximum absolute atomic E-state index is 12.1. The summed E-state index contributed by atoms with van der Waals surface area (Å²) in [5, 5.41) is 3.21. The van der Waals surface area contributed by atoms with Crippen LogP contribution in [0.3, 0.4) is 0 Å². The first-order chi connectivity index (χ1) is 7.49. The number of carbonyl (C=O) groups excluding carboxylic acids is 1. The van der Waals surface area contributed by atoms with E-state index in [2.05, 4.69) is 5.32 Å². The Kier molecular flexibility index (Phi) is 3.21. The zero-order valence-electron chi connectivity index (χ0n) is 9.48. The van der Waals surface area contributed by atoms with E-state index >= 15 is 0 Å². The molecule has 0 spiro atoms. The molecule has 0 aromatic heterocycles. The lowest BCUT2D eigenvalue weighted by atomic mass is 10.1. The second-order valence-corrected chi connectivity index (χ2v) is 6.91. The topological polar surface area (TPSA) is 66.5 Å². The van der Waals surface area contributed by atoms with E-state index in [1.165, 1.54) is 0 Å². The van der Waals surface area contributed by atoms with Crippen molar-refractivity contribution in [2.24, 2.45) is 5.92 Å². The molecule has 1 unspecified atom stereocenters. The molecule has 0 aromatic rings. The summed E-state index contributed by atoms with van der Waals surface area (Å²) in [6.07, 6.45) is 0.498. The third-order valence-corrected chi connectivity index (χ3v) is 5.13. The van der Waals surface area contributed by atoms with Gasteiger partial charge < -0.3 is 10.2 Å². The molecule has 2 saturated heterocycles. The summed E-state index contributed by atoms with van der Waals surface area (Å²) < 4.78 is 22.7. The Bertz CT molecular complexity index is 380. The number of nitrogens with zero attached hydrogens (tertiary/aromatic N) is 1. The first-order valence-corrected chi connectivity index (χ1v) is 7.53. The van der Waals surface area contributed by atoms with Crippen molar-refractivity contribution in [2.75, 3.05) is 31.1 Å². The average Bonchev–Trinajstić information content (AvgIpc) is 2.59. The van der Waals surface area contributed by atoms with Crippen LogP contribution in [-0.4, -0.2) is 56.4 Å². The number of hydrogen-bond donors (Lipinski definition) is 1. The molecule has 0 saturated carbocycles. The second-order valence-electron chi connectivity index (χ2n) is 4.68. The molecule has 0 aliphatic carbocycles. The van der Waals surface area contributed by atoms with Crippen molar-refractivity contribution < 1.29 is 13.2 Å². The van der Waals surface area contributed by atoms with Gasteiger partial charge in [-0.3, -0.25) is 4.79 Å². The number of nitrogens with one attached hydrogen (secondary N) is 1. The van der Waals surface area contributed by atoms with Gasteiger partial charge in [0.1, 0.15) is 0 Å². The highest BCUT2D eigenvalue weighted by atomic mass is 32.2. The molecular weight excluding hydrogens is 228 g/mol. The van der Waals surface area contributed by atoms with E-state index in [0.717, 1.165) is 13.1 Å². The minimum absolute atomic E-state index is 0.0232. The van der Waals surface area contributed by atoms with Gasteiger partial charge in [-0.2, -0.15) is 0 Å². The van der Waals surface area contributed by atoms with Gasteiger partial charge in [-0.25, -0.2) is 8.42 Å². The third-order valence-electron chi connectivity index (χ3n) is 3.37. The number of carbonyl (C=O) groups is 1. The van der Waals surface area contributed by atoms with Crippen molar-refractivity contribution in [1.29, 1.82) is 0 Å². The first-order valence-electron chi connectivity index (χ1n) is 5.71. The van der Waals surface area contributed by atoms with Crippen LogP contribution in [0.15, 0.2) is 0 Å². The molecular formula is C10H18N2O3S. The van der Waals surface area contributed by atoms with Gasteiger partial charge in [-0.05, 0) is 13.3 Å². The fourth-order valence-corrected chi connectivity index (χ4v) is 4.13. The van der Waals surface area contributed by atoms with Crippen molar-refractivity contribution >= 4 is 15.7 Å². The van der Waals surface area contributed by atoms with Gasteiger partial charge in [0.05, 0.1) is 17.4 Å². The molecule has 0 aromatic carbocycles. The van der Waals surface area contributed by atoms with E-state index in [4.69, 9.17) is 0 Å². The Hall–Kier alpha value is -0.620. The van der Waals surface area contributed by atoms with Crippen molar-refractivity contribution in [1.82, 2.24) is 10.2 Å². The van der Waals surface area contributed by atoms with Gasteiger partial charge in [0, 0.05) is 25.7 Å². The first kappa shape index (κ1) is 11.9. The number of rotatable bonds is 1.